The van der Waals surface area contributed by atoms with Crippen LogP contribution < -0.4 is 15.4 Å². The molecule has 1 heterocycles. The van der Waals surface area contributed by atoms with E-state index in [0.717, 1.165) is 36.0 Å². The van der Waals surface area contributed by atoms with Crippen LogP contribution in [-0.2, 0) is 0 Å². The molecule has 0 saturated carbocycles. The summed E-state index contributed by atoms with van der Waals surface area (Å²) in [5.41, 5.74) is 0.871. The Balaban J connectivity index is 1.57. The summed E-state index contributed by atoms with van der Waals surface area (Å²) in [6.45, 7) is 3.07. The van der Waals surface area contributed by atoms with Gasteiger partial charge in [-0.15, -0.1) is 5.10 Å². The smallest absolute Gasteiger partial charge is 0.249 e. The fourth-order valence-electron chi connectivity index (χ4n) is 2.39. The average molecular weight is 349 g/mol. The Labute approximate surface area is 153 Å². The predicted octanol–water partition coefficient (Wildman–Crippen LogP) is 5.01. The second-order valence-corrected chi connectivity index (χ2v) is 5.86. The van der Waals surface area contributed by atoms with E-state index in [2.05, 4.69) is 32.7 Å². The molecular formula is C20H23N5O. The predicted molar refractivity (Wildman–Crippen MR) is 104 cm³/mol. The number of hydrogen-bond acceptors (Lipinski definition) is 6. The third-order valence-electron chi connectivity index (χ3n) is 3.73. The van der Waals surface area contributed by atoms with Crippen molar-refractivity contribution in [3.63, 3.8) is 0 Å². The molecule has 26 heavy (non-hydrogen) atoms. The Morgan fingerprint density at radius 2 is 1.69 bits per heavy atom. The standard InChI is InChI=1S/C20H23N5O/c1-2-3-7-14-21-19-15-22-25-20(24-19)23-16-10-12-18(13-11-16)26-17-8-5-4-6-9-17/h4-6,8-13,15H,2-3,7,14H2,1H3,(H2,21,23,24,25). The number of para-hydroxylation sites is 1. The molecule has 0 spiro atoms. The highest BCUT2D eigenvalue weighted by atomic mass is 16.5. The number of anilines is 3. The molecule has 1 aromatic heterocycles. The highest BCUT2D eigenvalue weighted by Crippen LogP contribution is 2.23. The molecular weight excluding hydrogens is 326 g/mol. The van der Waals surface area contributed by atoms with Gasteiger partial charge in [0.25, 0.3) is 0 Å². The zero-order valence-electron chi connectivity index (χ0n) is 14.9. The third kappa shape index (κ3) is 5.44. The maximum Gasteiger partial charge on any atom is 0.249 e. The number of rotatable bonds is 9. The van der Waals surface area contributed by atoms with Gasteiger partial charge in [0.1, 0.15) is 11.5 Å². The van der Waals surface area contributed by atoms with Gasteiger partial charge >= 0.3 is 0 Å². The molecule has 0 bridgehead atoms. The van der Waals surface area contributed by atoms with Crippen LogP contribution in [0.1, 0.15) is 26.2 Å². The minimum Gasteiger partial charge on any atom is -0.457 e. The average Bonchev–Trinajstić information content (AvgIpc) is 2.68. The summed E-state index contributed by atoms with van der Waals surface area (Å²) in [7, 11) is 0. The lowest BCUT2D eigenvalue weighted by molar-refractivity contribution is 0.483. The van der Waals surface area contributed by atoms with E-state index in [4.69, 9.17) is 4.74 Å². The second-order valence-electron chi connectivity index (χ2n) is 5.86. The maximum atomic E-state index is 5.79. The van der Waals surface area contributed by atoms with Crippen LogP contribution in [-0.4, -0.2) is 21.7 Å². The van der Waals surface area contributed by atoms with E-state index in [0.29, 0.717) is 5.95 Å². The first kappa shape index (κ1) is 17.7. The molecule has 2 N–H and O–H groups in total. The summed E-state index contributed by atoms with van der Waals surface area (Å²) in [6.07, 6.45) is 5.15. The monoisotopic (exact) mass is 349 g/mol. The van der Waals surface area contributed by atoms with Gasteiger partial charge in [-0.25, -0.2) is 0 Å². The molecule has 0 aliphatic heterocycles. The van der Waals surface area contributed by atoms with Gasteiger partial charge in [0, 0.05) is 12.2 Å². The Kier molecular flexibility index (Phi) is 6.36. The van der Waals surface area contributed by atoms with E-state index in [1.807, 2.05) is 54.6 Å². The first-order valence-electron chi connectivity index (χ1n) is 8.87. The van der Waals surface area contributed by atoms with Gasteiger partial charge in [-0.2, -0.15) is 10.1 Å². The molecule has 3 aromatic rings. The summed E-state index contributed by atoms with van der Waals surface area (Å²) in [4.78, 5) is 4.43. The quantitative estimate of drug-likeness (QED) is 0.529. The first-order chi connectivity index (χ1) is 12.8. The molecule has 6 heteroatoms. The topological polar surface area (TPSA) is 72.0 Å². The Morgan fingerprint density at radius 3 is 2.46 bits per heavy atom. The van der Waals surface area contributed by atoms with E-state index >= 15 is 0 Å². The van der Waals surface area contributed by atoms with Crippen LogP contribution >= 0.6 is 0 Å². The molecule has 0 amide bonds. The second kappa shape index (κ2) is 9.36. The van der Waals surface area contributed by atoms with Crippen molar-refractivity contribution in [2.45, 2.75) is 26.2 Å². The number of aromatic nitrogens is 3. The molecule has 2 aromatic carbocycles. The SMILES string of the molecule is CCCCCNc1cnnc(Nc2ccc(Oc3ccccc3)cc2)n1. The van der Waals surface area contributed by atoms with E-state index in [-0.39, 0.29) is 0 Å². The molecule has 0 aliphatic carbocycles. The summed E-state index contributed by atoms with van der Waals surface area (Å²) in [6, 6.07) is 17.3. The minimum absolute atomic E-state index is 0.460. The number of nitrogens with one attached hydrogen (secondary N) is 2. The lowest BCUT2D eigenvalue weighted by atomic mass is 10.2. The van der Waals surface area contributed by atoms with Gasteiger partial charge in [0.05, 0.1) is 6.20 Å². The lowest BCUT2D eigenvalue weighted by Crippen LogP contribution is -2.06. The van der Waals surface area contributed by atoms with Crippen LogP contribution in [0.25, 0.3) is 0 Å². The van der Waals surface area contributed by atoms with Crippen LogP contribution in [0.4, 0.5) is 17.5 Å². The van der Waals surface area contributed by atoms with Gasteiger partial charge in [-0.3, -0.25) is 0 Å². The van der Waals surface area contributed by atoms with Gasteiger partial charge in [0.15, 0.2) is 5.82 Å². The molecule has 134 valence electrons. The van der Waals surface area contributed by atoms with E-state index in [1.54, 1.807) is 6.20 Å². The lowest BCUT2D eigenvalue weighted by Gasteiger charge is -2.09. The van der Waals surface area contributed by atoms with E-state index in [1.165, 1.54) is 12.8 Å². The van der Waals surface area contributed by atoms with Crippen molar-refractivity contribution < 1.29 is 4.74 Å². The van der Waals surface area contributed by atoms with Gasteiger partial charge in [0.2, 0.25) is 5.95 Å². The van der Waals surface area contributed by atoms with Crippen molar-refractivity contribution in [1.29, 1.82) is 0 Å². The summed E-state index contributed by atoms with van der Waals surface area (Å²) in [5, 5.41) is 14.4. The van der Waals surface area contributed by atoms with Crippen LogP contribution in [0.5, 0.6) is 11.5 Å². The number of nitrogens with zero attached hydrogens (tertiary/aromatic N) is 3. The largest absolute Gasteiger partial charge is 0.457 e. The Morgan fingerprint density at radius 1 is 0.923 bits per heavy atom. The molecule has 6 nitrogen and oxygen atoms in total. The molecule has 3 rings (SSSR count). The van der Waals surface area contributed by atoms with E-state index < -0.39 is 0 Å². The van der Waals surface area contributed by atoms with Crippen LogP contribution in [0.3, 0.4) is 0 Å². The van der Waals surface area contributed by atoms with Crippen molar-refractivity contribution in [1.82, 2.24) is 15.2 Å². The summed E-state index contributed by atoms with van der Waals surface area (Å²) in [5.74, 6) is 2.76. The van der Waals surface area contributed by atoms with Crippen molar-refractivity contribution in [3.8, 4) is 11.5 Å². The molecule has 0 unspecified atom stereocenters. The zero-order chi connectivity index (χ0) is 18.0. The summed E-state index contributed by atoms with van der Waals surface area (Å²) < 4.78 is 5.79. The highest BCUT2D eigenvalue weighted by molar-refractivity contribution is 5.55. The van der Waals surface area contributed by atoms with Crippen molar-refractivity contribution in [2.75, 3.05) is 17.2 Å². The van der Waals surface area contributed by atoms with E-state index in [9.17, 15) is 0 Å². The minimum atomic E-state index is 0.460. The van der Waals surface area contributed by atoms with Crippen molar-refractivity contribution in [2.24, 2.45) is 0 Å². The number of hydrogen-bond donors (Lipinski definition) is 2. The van der Waals surface area contributed by atoms with Crippen molar-refractivity contribution in [3.05, 3.63) is 60.8 Å². The van der Waals surface area contributed by atoms with Gasteiger partial charge in [-0.1, -0.05) is 38.0 Å². The van der Waals surface area contributed by atoms with Crippen LogP contribution in [0.15, 0.2) is 60.8 Å². The molecule has 0 aliphatic rings. The van der Waals surface area contributed by atoms with Gasteiger partial charge in [-0.05, 0) is 42.8 Å². The number of ether oxygens (including phenoxy) is 1. The first-order valence-corrected chi connectivity index (χ1v) is 8.87. The molecule has 0 radical (unpaired) electrons. The fourth-order valence-corrected chi connectivity index (χ4v) is 2.39. The van der Waals surface area contributed by atoms with Gasteiger partial charge < -0.3 is 15.4 Å². The normalized spacial score (nSPS) is 10.3. The Bertz CT molecular complexity index is 793. The zero-order valence-corrected chi connectivity index (χ0v) is 14.9. The molecule has 0 fully saturated rings. The molecule has 0 saturated heterocycles. The highest BCUT2D eigenvalue weighted by Gasteiger charge is 2.02. The van der Waals surface area contributed by atoms with Crippen LogP contribution in [0, 0.1) is 0 Å². The number of unbranched alkanes of at least 4 members (excludes halogenated alkanes) is 2. The van der Waals surface area contributed by atoms with Crippen LogP contribution in [0.2, 0.25) is 0 Å². The fraction of sp³-hybridized carbons (Fsp3) is 0.250. The number of benzene rings is 2. The third-order valence-corrected chi connectivity index (χ3v) is 3.73. The van der Waals surface area contributed by atoms with Crippen molar-refractivity contribution >= 4 is 17.5 Å². The Hall–Kier alpha value is -3.15. The summed E-state index contributed by atoms with van der Waals surface area (Å²) >= 11 is 0. The maximum absolute atomic E-state index is 5.79. The molecule has 0 atom stereocenters.